The fraction of sp³-hybridized carbons (Fsp3) is 0.609. The average Bonchev–Trinajstić information content (AvgIpc) is 3.04. The van der Waals surface area contributed by atoms with Gasteiger partial charge in [0.15, 0.2) is 5.78 Å². The molecule has 2 unspecified atom stereocenters. The molecule has 2 rings (SSSR count). The summed E-state index contributed by atoms with van der Waals surface area (Å²) in [5, 5.41) is 0. The van der Waals surface area contributed by atoms with Crippen molar-refractivity contribution in [2.24, 2.45) is 0 Å². The first-order valence-electron chi connectivity index (χ1n) is 9.64. The zero-order valence-electron chi connectivity index (χ0n) is 18.1. The highest BCUT2D eigenvalue weighted by Gasteiger charge is 2.50. The van der Waals surface area contributed by atoms with E-state index in [-0.39, 0.29) is 5.78 Å². The zero-order valence-corrected chi connectivity index (χ0v) is 18.1. The summed E-state index contributed by atoms with van der Waals surface area (Å²) < 4.78 is 12.2. The Morgan fingerprint density at radius 1 is 0.692 bits per heavy atom. The number of Topliss-reactive ketones (excluding diaryl/α,β-unsaturated/α-hetero) is 1. The third-order valence-corrected chi connectivity index (χ3v) is 6.79. The molecule has 2 aromatic heterocycles. The van der Waals surface area contributed by atoms with Crippen LogP contribution in [0.2, 0.25) is 0 Å². The summed E-state index contributed by atoms with van der Waals surface area (Å²) in [6, 6.07) is 0. The van der Waals surface area contributed by atoms with Crippen molar-refractivity contribution in [2.45, 2.75) is 92.9 Å². The quantitative estimate of drug-likeness (QED) is 0.606. The van der Waals surface area contributed by atoms with Crippen LogP contribution in [0.3, 0.4) is 0 Å². The van der Waals surface area contributed by atoms with Crippen molar-refractivity contribution in [3.05, 3.63) is 45.3 Å². The highest BCUT2D eigenvalue weighted by atomic mass is 16.3. The van der Waals surface area contributed by atoms with Crippen molar-refractivity contribution >= 4 is 5.78 Å². The molecule has 0 aliphatic carbocycles. The minimum Gasteiger partial charge on any atom is -0.465 e. The average molecular weight is 359 g/mol. The molecular formula is C23H34O3. The predicted molar refractivity (Wildman–Crippen MR) is 106 cm³/mol. The third kappa shape index (κ3) is 2.76. The van der Waals surface area contributed by atoms with Gasteiger partial charge in [0.05, 0.1) is 10.8 Å². The van der Waals surface area contributed by atoms with Crippen LogP contribution in [0.15, 0.2) is 8.83 Å². The van der Waals surface area contributed by atoms with Gasteiger partial charge in [-0.05, 0) is 90.5 Å². The van der Waals surface area contributed by atoms with Crippen molar-refractivity contribution in [1.29, 1.82) is 0 Å². The Hall–Kier alpha value is -1.77. The topological polar surface area (TPSA) is 43.4 Å². The SMILES string of the molecule is CCC(C)(C(=O)C(C)(CC)c1oc(C)c(C)c1C)c1oc(C)c(C)c1C. The van der Waals surface area contributed by atoms with Crippen LogP contribution in [-0.4, -0.2) is 5.78 Å². The molecular weight excluding hydrogens is 324 g/mol. The van der Waals surface area contributed by atoms with Gasteiger partial charge in [0, 0.05) is 0 Å². The molecule has 3 heteroatoms. The van der Waals surface area contributed by atoms with Crippen LogP contribution in [0.5, 0.6) is 0 Å². The predicted octanol–water partition coefficient (Wildman–Crippen LogP) is 6.33. The van der Waals surface area contributed by atoms with Gasteiger partial charge in [-0.2, -0.15) is 0 Å². The van der Waals surface area contributed by atoms with E-state index in [9.17, 15) is 4.79 Å². The first kappa shape index (κ1) is 20.5. The van der Waals surface area contributed by atoms with Gasteiger partial charge >= 0.3 is 0 Å². The molecule has 2 atom stereocenters. The summed E-state index contributed by atoms with van der Waals surface area (Å²) in [6.45, 7) is 20.3. The lowest BCUT2D eigenvalue weighted by atomic mass is 9.65. The number of carbonyl (C=O) groups is 1. The maximum atomic E-state index is 14.0. The van der Waals surface area contributed by atoms with E-state index in [1.807, 2.05) is 27.7 Å². The number of carbonyl (C=O) groups excluding carboxylic acids is 1. The van der Waals surface area contributed by atoms with Gasteiger partial charge in [0.1, 0.15) is 23.0 Å². The van der Waals surface area contributed by atoms with Crippen molar-refractivity contribution in [2.75, 3.05) is 0 Å². The molecule has 144 valence electrons. The molecule has 0 aliphatic heterocycles. The van der Waals surface area contributed by atoms with E-state index in [4.69, 9.17) is 8.83 Å². The fourth-order valence-electron chi connectivity index (χ4n) is 3.99. The van der Waals surface area contributed by atoms with Crippen LogP contribution in [0, 0.1) is 41.5 Å². The summed E-state index contributed by atoms with van der Waals surface area (Å²) in [7, 11) is 0. The van der Waals surface area contributed by atoms with Gasteiger partial charge in [-0.15, -0.1) is 0 Å². The smallest absolute Gasteiger partial charge is 0.159 e. The number of hydrogen-bond donors (Lipinski definition) is 0. The minimum atomic E-state index is -0.686. The monoisotopic (exact) mass is 358 g/mol. The molecule has 2 heterocycles. The first-order chi connectivity index (χ1) is 12.0. The Kier molecular flexibility index (Phi) is 5.34. The molecule has 0 radical (unpaired) electrons. The molecule has 0 saturated heterocycles. The molecule has 0 bridgehead atoms. The van der Waals surface area contributed by atoms with Crippen molar-refractivity contribution in [3.63, 3.8) is 0 Å². The van der Waals surface area contributed by atoms with Crippen molar-refractivity contribution < 1.29 is 13.6 Å². The van der Waals surface area contributed by atoms with E-state index < -0.39 is 10.8 Å². The van der Waals surface area contributed by atoms with Gasteiger partial charge in [0.2, 0.25) is 0 Å². The Bertz CT molecular complexity index is 768. The molecule has 0 N–H and O–H groups in total. The largest absolute Gasteiger partial charge is 0.465 e. The number of aryl methyl sites for hydroxylation is 2. The second-order valence-electron chi connectivity index (χ2n) is 8.18. The summed E-state index contributed by atoms with van der Waals surface area (Å²) >= 11 is 0. The van der Waals surface area contributed by atoms with E-state index in [1.54, 1.807) is 0 Å². The van der Waals surface area contributed by atoms with Crippen LogP contribution >= 0.6 is 0 Å². The van der Waals surface area contributed by atoms with Gasteiger partial charge in [-0.1, -0.05) is 13.8 Å². The molecule has 0 amide bonds. The summed E-state index contributed by atoms with van der Waals surface area (Å²) in [6.07, 6.45) is 1.37. The van der Waals surface area contributed by atoms with Crippen LogP contribution in [0.1, 0.15) is 85.8 Å². The lowest BCUT2D eigenvalue weighted by Crippen LogP contribution is -2.46. The summed E-state index contributed by atoms with van der Waals surface area (Å²) in [5.74, 6) is 3.56. The molecule has 0 aliphatic rings. The van der Waals surface area contributed by atoms with Crippen LogP contribution in [0.4, 0.5) is 0 Å². The second kappa shape index (κ2) is 6.75. The van der Waals surface area contributed by atoms with E-state index in [0.717, 1.165) is 45.3 Å². The normalized spacial score (nSPS) is 16.4. The van der Waals surface area contributed by atoms with E-state index in [1.165, 1.54) is 0 Å². The highest BCUT2D eigenvalue weighted by molar-refractivity contribution is 5.98. The number of rotatable bonds is 6. The fourth-order valence-corrected chi connectivity index (χ4v) is 3.99. The Balaban J connectivity index is 2.67. The maximum Gasteiger partial charge on any atom is 0.159 e. The number of hydrogen-bond acceptors (Lipinski definition) is 3. The maximum absolute atomic E-state index is 14.0. The Labute approximate surface area is 158 Å². The summed E-state index contributed by atoms with van der Waals surface area (Å²) in [5.41, 5.74) is 3.06. The lowest BCUT2D eigenvalue weighted by Gasteiger charge is -2.35. The van der Waals surface area contributed by atoms with Crippen LogP contribution in [-0.2, 0) is 15.6 Å². The van der Waals surface area contributed by atoms with Crippen molar-refractivity contribution in [3.8, 4) is 0 Å². The first-order valence-corrected chi connectivity index (χ1v) is 9.64. The molecule has 0 saturated carbocycles. The van der Waals surface area contributed by atoms with Gasteiger partial charge in [-0.25, -0.2) is 0 Å². The second-order valence-corrected chi connectivity index (χ2v) is 8.18. The number of furan rings is 2. The van der Waals surface area contributed by atoms with E-state index in [0.29, 0.717) is 12.8 Å². The summed E-state index contributed by atoms with van der Waals surface area (Å²) in [4.78, 5) is 14.0. The molecule has 26 heavy (non-hydrogen) atoms. The number of ketones is 1. The standard InChI is InChI=1S/C23H34O3/c1-11-22(9,19-15(5)13(3)17(7)25-19)21(24)23(10,12-2)20-16(6)14(4)18(8)26-20/h11-12H2,1-10H3. The van der Waals surface area contributed by atoms with Crippen LogP contribution in [0.25, 0.3) is 0 Å². The molecule has 0 fully saturated rings. The third-order valence-electron chi connectivity index (χ3n) is 6.79. The van der Waals surface area contributed by atoms with E-state index >= 15 is 0 Å². The van der Waals surface area contributed by atoms with Gasteiger partial charge in [-0.3, -0.25) is 4.79 Å². The Morgan fingerprint density at radius 3 is 1.19 bits per heavy atom. The minimum absolute atomic E-state index is 0.170. The van der Waals surface area contributed by atoms with Gasteiger partial charge in [0.25, 0.3) is 0 Å². The van der Waals surface area contributed by atoms with Crippen molar-refractivity contribution in [1.82, 2.24) is 0 Å². The lowest BCUT2D eigenvalue weighted by molar-refractivity contribution is -0.131. The molecule has 0 aromatic carbocycles. The molecule has 0 spiro atoms. The van der Waals surface area contributed by atoms with E-state index in [2.05, 4.69) is 41.5 Å². The Morgan fingerprint density at radius 2 is 1.00 bits per heavy atom. The molecule has 2 aromatic rings. The van der Waals surface area contributed by atoms with Gasteiger partial charge < -0.3 is 8.83 Å². The zero-order chi connectivity index (χ0) is 20.0. The van der Waals surface area contributed by atoms with Crippen LogP contribution < -0.4 is 0 Å². The molecule has 3 nitrogen and oxygen atoms in total. The highest BCUT2D eigenvalue weighted by Crippen LogP contribution is 2.44.